The highest BCUT2D eigenvalue weighted by atomic mass is 32.2. The number of hydrogen-bond acceptors (Lipinski definition) is 6. The fraction of sp³-hybridized carbons (Fsp3) is 0.267. The Bertz CT molecular complexity index is 984. The van der Waals surface area contributed by atoms with Crippen LogP contribution in [0.5, 0.6) is 0 Å². The number of amides is 2. The maximum absolute atomic E-state index is 12.4. The Balaban J connectivity index is 1.75. The molecule has 138 valence electrons. The van der Waals surface area contributed by atoms with Gasteiger partial charge in [0, 0.05) is 16.2 Å². The molecule has 2 heterocycles. The molecule has 1 aliphatic heterocycles. The lowest BCUT2D eigenvalue weighted by Crippen LogP contribution is -2.42. The number of sulfonamides is 1. The summed E-state index contributed by atoms with van der Waals surface area (Å²) in [5.74, 6) is -0.571. The molecule has 0 saturated heterocycles. The molecule has 1 aliphatic rings. The van der Waals surface area contributed by atoms with Crippen molar-refractivity contribution in [2.45, 2.75) is 30.1 Å². The van der Waals surface area contributed by atoms with E-state index in [2.05, 4.69) is 20.9 Å². The van der Waals surface area contributed by atoms with E-state index in [1.165, 1.54) is 23.9 Å². The summed E-state index contributed by atoms with van der Waals surface area (Å²) in [4.78, 5) is 26.4. The van der Waals surface area contributed by atoms with Gasteiger partial charge in [-0.3, -0.25) is 20.1 Å². The van der Waals surface area contributed by atoms with E-state index < -0.39 is 15.9 Å². The Morgan fingerprint density at radius 1 is 1.38 bits per heavy atom. The second-order valence-corrected chi connectivity index (χ2v) is 8.28. The minimum atomic E-state index is -4.01. The van der Waals surface area contributed by atoms with Crippen molar-refractivity contribution < 1.29 is 18.0 Å². The standard InChI is InChI=1S/C15H17N5O4S2/c1-3-10-8(2)14(18-17-10)15(22)19-20-26(23,24)9-4-5-12-11(6-9)16-13(21)7-25-12/h4-6,20H,3,7H2,1-2H3,(H,16,21)(H,17,18)(H,19,22). The van der Waals surface area contributed by atoms with Crippen molar-refractivity contribution in [3.8, 4) is 0 Å². The van der Waals surface area contributed by atoms with Crippen molar-refractivity contribution in [1.82, 2.24) is 20.5 Å². The summed E-state index contributed by atoms with van der Waals surface area (Å²) in [5, 5.41) is 9.27. The maximum atomic E-state index is 12.4. The van der Waals surface area contributed by atoms with Gasteiger partial charge in [-0.2, -0.15) is 5.10 Å². The predicted octanol–water partition coefficient (Wildman–Crippen LogP) is 0.948. The van der Waals surface area contributed by atoms with Crippen LogP contribution >= 0.6 is 11.8 Å². The first-order chi connectivity index (χ1) is 12.3. The molecule has 26 heavy (non-hydrogen) atoms. The second-order valence-electron chi connectivity index (χ2n) is 5.58. The summed E-state index contributed by atoms with van der Waals surface area (Å²) in [6.45, 7) is 3.65. The summed E-state index contributed by atoms with van der Waals surface area (Å²) >= 11 is 1.33. The van der Waals surface area contributed by atoms with Crippen LogP contribution in [0.25, 0.3) is 0 Å². The highest BCUT2D eigenvalue weighted by Gasteiger charge is 2.22. The lowest BCUT2D eigenvalue weighted by Gasteiger charge is -2.17. The van der Waals surface area contributed by atoms with Crippen LogP contribution in [0.2, 0.25) is 0 Å². The number of thioether (sulfide) groups is 1. The SMILES string of the molecule is CCc1[nH]nc(C(=O)NNS(=O)(=O)c2ccc3c(c2)NC(=O)CS3)c1C. The van der Waals surface area contributed by atoms with Crippen LogP contribution in [0.1, 0.15) is 28.7 Å². The van der Waals surface area contributed by atoms with Gasteiger partial charge in [0.2, 0.25) is 5.91 Å². The van der Waals surface area contributed by atoms with Crippen LogP contribution in [0.4, 0.5) is 5.69 Å². The van der Waals surface area contributed by atoms with Crippen molar-refractivity contribution in [1.29, 1.82) is 0 Å². The number of aromatic amines is 1. The van der Waals surface area contributed by atoms with Gasteiger partial charge in [0.15, 0.2) is 5.69 Å². The first-order valence-electron chi connectivity index (χ1n) is 7.74. The van der Waals surface area contributed by atoms with Crippen LogP contribution in [-0.4, -0.2) is 36.2 Å². The number of carbonyl (C=O) groups excluding carboxylic acids is 2. The predicted molar refractivity (Wildman–Crippen MR) is 96.3 cm³/mol. The normalized spacial score (nSPS) is 13.8. The summed E-state index contributed by atoms with van der Waals surface area (Å²) in [6, 6.07) is 4.37. The number of nitrogens with one attached hydrogen (secondary N) is 4. The van der Waals surface area contributed by atoms with Gasteiger partial charge in [0.25, 0.3) is 15.9 Å². The van der Waals surface area contributed by atoms with Gasteiger partial charge in [0.05, 0.1) is 16.3 Å². The van der Waals surface area contributed by atoms with Crippen LogP contribution in [0, 0.1) is 6.92 Å². The van der Waals surface area contributed by atoms with Crippen molar-refractivity contribution in [3.05, 3.63) is 35.2 Å². The van der Waals surface area contributed by atoms with E-state index in [9.17, 15) is 18.0 Å². The first kappa shape index (κ1) is 18.4. The maximum Gasteiger partial charge on any atom is 0.286 e. The van der Waals surface area contributed by atoms with Crippen LogP contribution in [0.15, 0.2) is 28.0 Å². The third kappa shape index (κ3) is 3.59. The Labute approximate surface area is 154 Å². The molecule has 2 amide bonds. The van der Waals surface area contributed by atoms with Crippen LogP contribution in [0.3, 0.4) is 0 Å². The fourth-order valence-electron chi connectivity index (χ4n) is 2.46. The Hall–Kier alpha value is -2.37. The molecule has 2 aromatic rings. The molecular weight excluding hydrogens is 378 g/mol. The van der Waals surface area contributed by atoms with Gasteiger partial charge in [-0.15, -0.1) is 16.6 Å². The lowest BCUT2D eigenvalue weighted by atomic mass is 10.2. The molecule has 0 atom stereocenters. The average Bonchev–Trinajstić information content (AvgIpc) is 2.99. The zero-order valence-corrected chi connectivity index (χ0v) is 15.7. The van der Waals surface area contributed by atoms with E-state index in [0.717, 1.165) is 10.6 Å². The van der Waals surface area contributed by atoms with Gasteiger partial charge in [-0.1, -0.05) is 6.92 Å². The summed E-state index contributed by atoms with van der Waals surface area (Å²) in [5.41, 5.74) is 4.17. The number of rotatable bonds is 5. The van der Waals surface area contributed by atoms with E-state index in [1.54, 1.807) is 13.0 Å². The summed E-state index contributed by atoms with van der Waals surface area (Å²) < 4.78 is 24.8. The highest BCUT2D eigenvalue weighted by molar-refractivity contribution is 8.00. The number of anilines is 1. The van der Waals surface area contributed by atoms with Crippen molar-refractivity contribution in [2.24, 2.45) is 0 Å². The molecule has 0 fully saturated rings. The number of fused-ring (bicyclic) bond motifs is 1. The van der Waals surface area contributed by atoms with Crippen molar-refractivity contribution in [2.75, 3.05) is 11.1 Å². The third-order valence-corrected chi connectivity index (χ3v) is 6.19. The quantitative estimate of drug-likeness (QED) is 0.557. The second kappa shape index (κ2) is 7.09. The topological polar surface area (TPSA) is 133 Å². The Kier molecular flexibility index (Phi) is 5.03. The van der Waals surface area contributed by atoms with E-state index in [4.69, 9.17) is 0 Å². The molecule has 9 nitrogen and oxygen atoms in total. The number of hydrogen-bond donors (Lipinski definition) is 4. The van der Waals surface area contributed by atoms with Crippen molar-refractivity contribution >= 4 is 39.3 Å². The van der Waals surface area contributed by atoms with Gasteiger partial charge in [-0.25, -0.2) is 8.42 Å². The monoisotopic (exact) mass is 395 g/mol. The molecule has 0 aliphatic carbocycles. The highest BCUT2D eigenvalue weighted by Crippen LogP contribution is 2.32. The van der Waals surface area contributed by atoms with Gasteiger partial charge >= 0.3 is 0 Å². The number of H-pyrrole nitrogens is 1. The first-order valence-corrected chi connectivity index (χ1v) is 10.2. The largest absolute Gasteiger partial charge is 0.324 e. The minimum Gasteiger partial charge on any atom is -0.324 e. The van der Waals surface area contributed by atoms with Crippen molar-refractivity contribution in [3.63, 3.8) is 0 Å². The molecule has 0 bridgehead atoms. The number of benzene rings is 1. The molecule has 4 N–H and O–H groups in total. The van der Waals surface area contributed by atoms with Gasteiger partial charge in [0.1, 0.15) is 0 Å². The number of aromatic nitrogens is 2. The van der Waals surface area contributed by atoms with E-state index in [1.807, 2.05) is 11.8 Å². The smallest absolute Gasteiger partial charge is 0.286 e. The van der Waals surface area contributed by atoms with E-state index in [0.29, 0.717) is 17.7 Å². The molecule has 0 radical (unpaired) electrons. The summed E-state index contributed by atoms with van der Waals surface area (Å²) in [6.07, 6.45) is 0.677. The number of hydrazine groups is 1. The number of carbonyl (C=O) groups is 2. The summed E-state index contributed by atoms with van der Waals surface area (Å²) in [7, 11) is -4.01. The molecule has 0 unspecified atom stereocenters. The zero-order chi connectivity index (χ0) is 18.9. The van der Waals surface area contributed by atoms with E-state index >= 15 is 0 Å². The molecule has 1 aromatic carbocycles. The minimum absolute atomic E-state index is 0.0765. The van der Waals surface area contributed by atoms with Gasteiger partial charge in [-0.05, 0) is 31.5 Å². The molecule has 0 saturated carbocycles. The van der Waals surface area contributed by atoms with Crippen LogP contribution in [-0.2, 0) is 21.2 Å². The lowest BCUT2D eigenvalue weighted by molar-refractivity contribution is -0.113. The molecular formula is C15H17N5O4S2. The van der Waals surface area contributed by atoms with E-state index in [-0.39, 0.29) is 22.2 Å². The number of nitrogens with zero attached hydrogens (tertiary/aromatic N) is 1. The van der Waals surface area contributed by atoms with Gasteiger partial charge < -0.3 is 5.32 Å². The fourth-order valence-corrected chi connectivity index (χ4v) is 4.11. The Morgan fingerprint density at radius 3 is 2.85 bits per heavy atom. The third-order valence-electron chi connectivity index (χ3n) is 3.87. The zero-order valence-electron chi connectivity index (χ0n) is 14.0. The Morgan fingerprint density at radius 2 is 2.15 bits per heavy atom. The molecule has 0 spiro atoms. The average molecular weight is 395 g/mol. The molecule has 1 aromatic heterocycles. The molecule has 3 rings (SSSR count). The van der Waals surface area contributed by atoms with Crippen LogP contribution < -0.4 is 15.6 Å². The number of aryl methyl sites for hydroxylation is 1. The molecule has 11 heteroatoms.